The number of carbonyl (C=O) groups excluding carboxylic acids is 1. The lowest BCUT2D eigenvalue weighted by molar-refractivity contribution is -0.109. The van der Waals surface area contributed by atoms with Gasteiger partial charge in [-0.15, -0.1) is 0 Å². The van der Waals surface area contributed by atoms with Crippen LogP contribution in [-0.4, -0.2) is 33.3 Å². The largest absolute Gasteiger partial charge is 0.326 e. The van der Waals surface area contributed by atoms with E-state index in [2.05, 4.69) is 15.5 Å². The number of carbonyl (C=O) groups is 1. The summed E-state index contributed by atoms with van der Waals surface area (Å²) in [6, 6.07) is 0.790. The molecule has 1 saturated carbocycles. The molecular formula is C15H19N3O. The van der Waals surface area contributed by atoms with Crippen molar-refractivity contribution in [2.45, 2.75) is 44.8 Å². The summed E-state index contributed by atoms with van der Waals surface area (Å²) in [4.78, 5) is 18.2. The summed E-state index contributed by atoms with van der Waals surface area (Å²) in [7, 11) is 0. The molecule has 0 aromatic carbocycles. The average Bonchev–Trinajstić information content (AvgIpc) is 2.73. The maximum absolute atomic E-state index is 10.9. The van der Waals surface area contributed by atoms with Gasteiger partial charge in [0.1, 0.15) is 12.1 Å². The zero-order chi connectivity index (χ0) is 12.8. The van der Waals surface area contributed by atoms with E-state index in [0.29, 0.717) is 0 Å². The Morgan fingerprint density at radius 3 is 2.95 bits per heavy atom. The van der Waals surface area contributed by atoms with Gasteiger partial charge in [0.2, 0.25) is 0 Å². The van der Waals surface area contributed by atoms with Crippen LogP contribution in [0.25, 0.3) is 12.2 Å². The Bertz CT molecular complexity index is 627. The summed E-state index contributed by atoms with van der Waals surface area (Å²) in [5.41, 5.74) is 0. The van der Waals surface area contributed by atoms with Crippen LogP contribution in [0.2, 0.25) is 0 Å². The molecule has 1 aromatic heterocycles. The second-order valence-corrected chi connectivity index (χ2v) is 5.91. The summed E-state index contributed by atoms with van der Waals surface area (Å²) >= 11 is 0. The Morgan fingerprint density at radius 1 is 1.32 bits per heavy atom. The minimum atomic E-state index is 0.0205. The number of aldehydes is 1. The summed E-state index contributed by atoms with van der Waals surface area (Å²) in [6.07, 6.45) is 10.2. The van der Waals surface area contributed by atoms with Crippen molar-refractivity contribution in [3.05, 3.63) is 16.5 Å². The SMILES string of the molecule is O=CC1C=c2nc3n(c2=CC1)CCN(C1CCC1)C3. The van der Waals surface area contributed by atoms with Gasteiger partial charge in [-0.05, 0) is 25.3 Å². The molecule has 19 heavy (non-hydrogen) atoms. The van der Waals surface area contributed by atoms with Crippen LogP contribution in [0.4, 0.5) is 0 Å². The monoisotopic (exact) mass is 257 g/mol. The fourth-order valence-corrected chi connectivity index (χ4v) is 3.41. The van der Waals surface area contributed by atoms with E-state index in [-0.39, 0.29) is 5.92 Å². The summed E-state index contributed by atoms with van der Waals surface area (Å²) < 4.78 is 2.35. The smallest absolute Gasteiger partial charge is 0.127 e. The van der Waals surface area contributed by atoms with Gasteiger partial charge in [0, 0.05) is 25.0 Å². The minimum absolute atomic E-state index is 0.0205. The lowest BCUT2D eigenvalue weighted by Gasteiger charge is -2.39. The van der Waals surface area contributed by atoms with Gasteiger partial charge in [0.05, 0.1) is 17.2 Å². The van der Waals surface area contributed by atoms with Crippen molar-refractivity contribution in [2.75, 3.05) is 6.54 Å². The molecule has 0 bridgehead atoms. The van der Waals surface area contributed by atoms with E-state index in [1.54, 1.807) is 0 Å². The van der Waals surface area contributed by atoms with Crippen LogP contribution in [0, 0.1) is 5.92 Å². The van der Waals surface area contributed by atoms with E-state index in [0.717, 1.165) is 43.7 Å². The normalized spacial score (nSPS) is 26.6. The number of hydrogen-bond donors (Lipinski definition) is 0. The summed E-state index contributed by atoms with van der Waals surface area (Å²) in [5.74, 6) is 1.20. The molecule has 0 spiro atoms. The van der Waals surface area contributed by atoms with Gasteiger partial charge in [-0.25, -0.2) is 4.98 Å². The molecule has 0 radical (unpaired) electrons. The first-order valence-corrected chi connectivity index (χ1v) is 7.32. The van der Waals surface area contributed by atoms with Crippen LogP contribution in [0.1, 0.15) is 31.5 Å². The maximum atomic E-state index is 10.9. The van der Waals surface area contributed by atoms with Gasteiger partial charge in [-0.2, -0.15) is 0 Å². The summed E-state index contributed by atoms with van der Waals surface area (Å²) in [6.45, 7) is 3.17. The highest BCUT2D eigenvalue weighted by Crippen LogP contribution is 2.27. The molecule has 4 nitrogen and oxygen atoms in total. The predicted octanol–water partition coefficient (Wildman–Crippen LogP) is 0.0310. The molecular weight excluding hydrogens is 238 g/mol. The van der Waals surface area contributed by atoms with Gasteiger partial charge in [0.15, 0.2) is 0 Å². The molecule has 0 saturated heterocycles. The second-order valence-electron chi connectivity index (χ2n) is 5.91. The third-order valence-electron chi connectivity index (χ3n) is 4.79. The zero-order valence-corrected chi connectivity index (χ0v) is 11.1. The molecule has 100 valence electrons. The Labute approximate surface area is 112 Å². The zero-order valence-electron chi connectivity index (χ0n) is 11.1. The second kappa shape index (κ2) is 4.30. The van der Waals surface area contributed by atoms with Gasteiger partial charge < -0.3 is 9.36 Å². The molecule has 1 unspecified atom stereocenters. The lowest BCUT2D eigenvalue weighted by Crippen LogP contribution is -2.46. The lowest BCUT2D eigenvalue weighted by atomic mass is 9.91. The van der Waals surface area contributed by atoms with Crippen molar-refractivity contribution in [2.24, 2.45) is 5.92 Å². The fraction of sp³-hybridized carbons (Fsp3) is 0.600. The van der Waals surface area contributed by atoms with Crippen LogP contribution >= 0.6 is 0 Å². The van der Waals surface area contributed by atoms with E-state index in [1.165, 1.54) is 30.4 Å². The van der Waals surface area contributed by atoms with E-state index >= 15 is 0 Å². The number of hydrogen-bond acceptors (Lipinski definition) is 3. The molecule has 2 heterocycles. The highest BCUT2D eigenvalue weighted by Gasteiger charge is 2.29. The number of rotatable bonds is 2. The third kappa shape index (κ3) is 1.77. The third-order valence-corrected chi connectivity index (χ3v) is 4.79. The molecule has 1 aliphatic heterocycles. The van der Waals surface area contributed by atoms with Gasteiger partial charge in [-0.3, -0.25) is 4.90 Å². The fourth-order valence-electron chi connectivity index (χ4n) is 3.41. The highest BCUT2D eigenvalue weighted by atomic mass is 16.1. The van der Waals surface area contributed by atoms with Crippen LogP contribution in [0.15, 0.2) is 0 Å². The van der Waals surface area contributed by atoms with Crippen molar-refractivity contribution in [1.82, 2.24) is 14.5 Å². The molecule has 4 rings (SSSR count). The molecule has 2 aliphatic carbocycles. The van der Waals surface area contributed by atoms with Gasteiger partial charge in [-0.1, -0.05) is 12.5 Å². The van der Waals surface area contributed by atoms with Gasteiger partial charge in [0.25, 0.3) is 0 Å². The summed E-state index contributed by atoms with van der Waals surface area (Å²) in [5, 5.41) is 2.26. The maximum Gasteiger partial charge on any atom is 0.127 e. The molecule has 1 aromatic rings. The van der Waals surface area contributed by atoms with Crippen LogP contribution < -0.4 is 10.7 Å². The average molecular weight is 257 g/mol. The Morgan fingerprint density at radius 2 is 2.21 bits per heavy atom. The first kappa shape index (κ1) is 11.4. The number of imidazole rings is 1. The van der Waals surface area contributed by atoms with Crippen molar-refractivity contribution in [3.8, 4) is 0 Å². The number of fused-ring (bicyclic) bond motifs is 3. The van der Waals surface area contributed by atoms with Crippen LogP contribution in [0.3, 0.4) is 0 Å². The molecule has 4 heteroatoms. The first-order chi connectivity index (χ1) is 9.35. The van der Waals surface area contributed by atoms with Crippen LogP contribution in [0.5, 0.6) is 0 Å². The standard InChI is InChI=1S/C15H19N3O/c19-10-11-4-5-14-13(8-11)16-15-9-17(6-7-18(14)15)12-2-1-3-12/h5,8,10-12H,1-4,6-7,9H2. The molecule has 3 aliphatic rings. The number of nitrogens with zero attached hydrogens (tertiary/aromatic N) is 3. The quantitative estimate of drug-likeness (QED) is 0.702. The molecule has 1 atom stereocenters. The molecule has 0 N–H and O–H groups in total. The Balaban J connectivity index is 1.70. The van der Waals surface area contributed by atoms with E-state index < -0.39 is 0 Å². The molecule has 0 amide bonds. The van der Waals surface area contributed by atoms with E-state index in [1.807, 2.05) is 6.08 Å². The van der Waals surface area contributed by atoms with Crippen molar-refractivity contribution in [1.29, 1.82) is 0 Å². The van der Waals surface area contributed by atoms with E-state index in [4.69, 9.17) is 4.98 Å². The van der Waals surface area contributed by atoms with E-state index in [9.17, 15) is 4.79 Å². The number of aromatic nitrogens is 2. The Hall–Kier alpha value is -1.42. The van der Waals surface area contributed by atoms with Crippen molar-refractivity contribution in [3.63, 3.8) is 0 Å². The minimum Gasteiger partial charge on any atom is -0.326 e. The predicted molar refractivity (Wildman–Crippen MR) is 72.6 cm³/mol. The van der Waals surface area contributed by atoms with Crippen molar-refractivity contribution < 1.29 is 4.79 Å². The molecule has 1 fully saturated rings. The first-order valence-electron chi connectivity index (χ1n) is 7.32. The highest BCUT2D eigenvalue weighted by molar-refractivity contribution is 5.66. The topological polar surface area (TPSA) is 38.1 Å². The van der Waals surface area contributed by atoms with Crippen LogP contribution in [-0.2, 0) is 17.9 Å². The van der Waals surface area contributed by atoms with Crippen molar-refractivity contribution >= 4 is 18.4 Å². The Kier molecular flexibility index (Phi) is 2.58. The van der Waals surface area contributed by atoms with Gasteiger partial charge >= 0.3 is 0 Å².